The molecule has 0 spiro atoms. The topological polar surface area (TPSA) is 67.1 Å². The van der Waals surface area contributed by atoms with Gasteiger partial charge in [-0.2, -0.15) is 0 Å². The van der Waals surface area contributed by atoms with E-state index in [4.69, 9.17) is 17.4 Å². The quantitative estimate of drug-likeness (QED) is 0.598. The van der Waals surface area contributed by atoms with Gasteiger partial charge in [0.05, 0.1) is 10.7 Å². The fraction of sp³-hybridized carbons (Fsp3) is 0. The summed E-state index contributed by atoms with van der Waals surface area (Å²) in [6.07, 6.45) is 0. The first-order valence-corrected chi connectivity index (χ1v) is 5.81. The number of amides is 1. The fourth-order valence-electron chi connectivity index (χ4n) is 1.50. The second-order valence-electron chi connectivity index (χ2n) is 3.80. The maximum absolute atomic E-state index is 12.9. The molecule has 0 atom stereocenters. The molecule has 4 N–H and O–H groups in total. The molecule has 1 amide bonds. The molecule has 0 heterocycles. The van der Waals surface area contributed by atoms with E-state index in [0.717, 1.165) is 6.07 Å². The minimum atomic E-state index is -0.457. The molecule has 0 bridgehead atoms. The number of carbonyl (C=O) groups is 1. The summed E-state index contributed by atoms with van der Waals surface area (Å²) in [6, 6.07) is 10.3. The standard InChI is InChI=1S/C13H11ClFN3O/c14-11-7-9(15)3-6-12(11)17-13(19)8-1-4-10(18-16)5-2-8/h1-7,18H,16H2,(H,17,19). The van der Waals surface area contributed by atoms with Crippen molar-refractivity contribution >= 4 is 28.9 Å². The molecule has 0 aliphatic carbocycles. The minimum absolute atomic E-state index is 0.147. The molecule has 2 rings (SSSR count). The van der Waals surface area contributed by atoms with Gasteiger partial charge in [-0.3, -0.25) is 10.6 Å². The lowest BCUT2D eigenvalue weighted by atomic mass is 10.2. The van der Waals surface area contributed by atoms with E-state index in [9.17, 15) is 9.18 Å². The predicted octanol–water partition coefficient (Wildman–Crippen LogP) is 3.02. The van der Waals surface area contributed by atoms with Crippen molar-refractivity contribution in [2.45, 2.75) is 0 Å². The van der Waals surface area contributed by atoms with E-state index in [2.05, 4.69) is 10.7 Å². The number of benzene rings is 2. The highest BCUT2D eigenvalue weighted by molar-refractivity contribution is 6.33. The van der Waals surface area contributed by atoms with Crippen molar-refractivity contribution < 1.29 is 9.18 Å². The van der Waals surface area contributed by atoms with Crippen molar-refractivity contribution in [3.8, 4) is 0 Å². The number of nitrogens with two attached hydrogens (primary N) is 1. The Morgan fingerprint density at radius 3 is 2.42 bits per heavy atom. The first-order valence-electron chi connectivity index (χ1n) is 5.43. The van der Waals surface area contributed by atoms with Gasteiger partial charge in [0.25, 0.3) is 5.91 Å². The molecule has 0 radical (unpaired) electrons. The predicted molar refractivity (Wildman–Crippen MR) is 73.6 cm³/mol. The highest BCUT2D eigenvalue weighted by atomic mass is 35.5. The number of rotatable bonds is 3. The summed E-state index contributed by atoms with van der Waals surface area (Å²) in [5.41, 5.74) is 3.95. The Balaban J connectivity index is 2.15. The Hall–Kier alpha value is -2.11. The molecule has 0 fully saturated rings. The average molecular weight is 280 g/mol. The van der Waals surface area contributed by atoms with Crippen LogP contribution in [0.1, 0.15) is 10.4 Å². The Morgan fingerprint density at radius 1 is 1.16 bits per heavy atom. The summed E-state index contributed by atoms with van der Waals surface area (Å²) >= 11 is 5.83. The molecular weight excluding hydrogens is 269 g/mol. The summed E-state index contributed by atoms with van der Waals surface area (Å²) in [4.78, 5) is 11.9. The zero-order valence-electron chi connectivity index (χ0n) is 9.78. The molecular formula is C13H11ClFN3O. The van der Waals surface area contributed by atoms with Crippen LogP contribution in [0.5, 0.6) is 0 Å². The van der Waals surface area contributed by atoms with E-state index < -0.39 is 5.82 Å². The highest BCUT2D eigenvalue weighted by Crippen LogP contribution is 2.23. The average Bonchev–Trinajstić information content (AvgIpc) is 2.42. The minimum Gasteiger partial charge on any atom is -0.324 e. The number of nitrogens with one attached hydrogen (secondary N) is 2. The smallest absolute Gasteiger partial charge is 0.255 e. The van der Waals surface area contributed by atoms with E-state index in [-0.39, 0.29) is 10.9 Å². The third-order valence-corrected chi connectivity index (χ3v) is 2.81. The van der Waals surface area contributed by atoms with Crippen molar-refractivity contribution in [2.24, 2.45) is 5.84 Å². The van der Waals surface area contributed by atoms with Crippen molar-refractivity contribution in [3.63, 3.8) is 0 Å². The Bertz CT molecular complexity index is 601. The second-order valence-corrected chi connectivity index (χ2v) is 4.21. The van der Waals surface area contributed by atoms with Crippen molar-refractivity contribution in [3.05, 3.63) is 58.9 Å². The number of anilines is 2. The SMILES string of the molecule is NNc1ccc(C(=O)Nc2ccc(F)cc2Cl)cc1. The summed E-state index contributed by atoms with van der Waals surface area (Å²) < 4.78 is 12.9. The van der Waals surface area contributed by atoms with Gasteiger partial charge < -0.3 is 10.7 Å². The van der Waals surface area contributed by atoms with E-state index in [1.807, 2.05) is 0 Å². The van der Waals surface area contributed by atoms with E-state index >= 15 is 0 Å². The number of nitrogen functional groups attached to an aromatic ring is 1. The summed E-state index contributed by atoms with van der Waals surface area (Å²) in [5, 5.41) is 2.75. The van der Waals surface area contributed by atoms with Crippen LogP contribution in [0.4, 0.5) is 15.8 Å². The van der Waals surface area contributed by atoms with Crippen LogP contribution in [0.2, 0.25) is 5.02 Å². The third kappa shape index (κ3) is 3.21. The summed E-state index contributed by atoms with van der Waals surface area (Å²) in [7, 11) is 0. The van der Waals surface area contributed by atoms with Gasteiger partial charge in [-0.15, -0.1) is 0 Å². The van der Waals surface area contributed by atoms with Crippen LogP contribution in [0, 0.1) is 5.82 Å². The first-order chi connectivity index (χ1) is 9.10. The van der Waals surface area contributed by atoms with Gasteiger partial charge in [0.15, 0.2) is 0 Å². The molecule has 2 aromatic rings. The lowest BCUT2D eigenvalue weighted by Crippen LogP contribution is -2.13. The number of carbonyl (C=O) groups excluding carboxylic acids is 1. The molecule has 19 heavy (non-hydrogen) atoms. The van der Waals surface area contributed by atoms with Crippen molar-refractivity contribution in [1.82, 2.24) is 0 Å². The lowest BCUT2D eigenvalue weighted by molar-refractivity contribution is 0.102. The monoisotopic (exact) mass is 279 g/mol. The zero-order chi connectivity index (χ0) is 13.8. The molecule has 0 aliphatic heterocycles. The van der Waals surface area contributed by atoms with Gasteiger partial charge in [0.2, 0.25) is 0 Å². The maximum Gasteiger partial charge on any atom is 0.255 e. The highest BCUT2D eigenvalue weighted by Gasteiger charge is 2.09. The fourth-order valence-corrected chi connectivity index (χ4v) is 1.72. The van der Waals surface area contributed by atoms with E-state index in [1.165, 1.54) is 12.1 Å². The van der Waals surface area contributed by atoms with Gasteiger partial charge in [0, 0.05) is 11.3 Å². The second kappa shape index (κ2) is 5.69. The molecule has 0 saturated carbocycles. The van der Waals surface area contributed by atoms with Gasteiger partial charge in [-0.1, -0.05) is 11.6 Å². The Morgan fingerprint density at radius 2 is 1.84 bits per heavy atom. The molecule has 98 valence electrons. The van der Waals surface area contributed by atoms with Crippen LogP contribution in [-0.4, -0.2) is 5.91 Å². The van der Waals surface area contributed by atoms with Gasteiger partial charge in [-0.25, -0.2) is 4.39 Å². The normalized spacial score (nSPS) is 10.1. The van der Waals surface area contributed by atoms with Crippen LogP contribution < -0.4 is 16.6 Å². The lowest BCUT2D eigenvalue weighted by Gasteiger charge is -2.08. The maximum atomic E-state index is 12.9. The number of hydrogen-bond donors (Lipinski definition) is 3. The van der Waals surface area contributed by atoms with Crippen LogP contribution in [0.25, 0.3) is 0 Å². The molecule has 0 unspecified atom stereocenters. The van der Waals surface area contributed by atoms with Gasteiger partial charge in [0.1, 0.15) is 5.82 Å². The Labute approximate surface area is 114 Å². The Kier molecular flexibility index (Phi) is 3.99. The van der Waals surface area contributed by atoms with E-state index in [0.29, 0.717) is 16.9 Å². The summed E-state index contributed by atoms with van der Waals surface area (Å²) in [5.74, 6) is 4.44. The molecule has 4 nitrogen and oxygen atoms in total. The van der Waals surface area contributed by atoms with Crippen LogP contribution in [-0.2, 0) is 0 Å². The largest absolute Gasteiger partial charge is 0.324 e. The molecule has 0 saturated heterocycles. The zero-order valence-corrected chi connectivity index (χ0v) is 10.5. The number of hydrogen-bond acceptors (Lipinski definition) is 3. The van der Waals surface area contributed by atoms with Crippen LogP contribution >= 0.6 is 11.6 Å². The molecule has 0 aliphatic rings. The molecule has 6 heteroatoms. The van der Waals surface area contributed by atoms with E-state index in [1.54, 1.807) is 24.3 Å². The first kappa shape index (κ1) is 13.3. The third-order valence-electron chi connectivity index (χ3n) is 2.49. The van der Waals surface area contributed by atoms with Crippen molar-refractivity contribution in [1.29, 1.82) is 0 Å². The van der Waals surface area contributed by atoms with Crippen LogP contribution in [0.15, 0.2) is 42.5 Å². The van der Waals surface area contributed by atoms with Crippen molar-refractivity contribution in [2.75, 3.05) is 10.7 Å². The number of halogens is 2. The summed E-state index contributed by atoms with van der Waals surface area (Å²) in [6.45, 7) is 0. The van der Waals surface area contributed by atoms with Crippen LogP contribution in [0.3, 0.4) is 0 Å². The van der Waals surface area contributed by atoms with Gasteiger partial charge in [-0.05, 0) is 42.5 Å². The molecule has 2 aromatic carbocycles. The molecule has 0 aromatic heterocycles. The van der Waals surface area contributed by atoms with Gasteiger partial charge >= 0.3 is 0 Å². The number of hydrazine groups is 1.